The van der Waals surface area contributed by atoms with E-state index in [1.54, 1.807) is 18.3 Å². The Bertz CT molecular complexity index is 857. The van der Waals surface area contributed by atoms with E-state index in [0.717, 1.165) is 17.1 Å². The van der Waals surface area contributed by atoms with Gasteiger partial charge in [0.15, 0.2) is 0 Å². The van der Waals surface area contributed by atoms with Gasteiger partial charge in [0, 0.05) is 39.2 Å². The number of benzene rings is 2. The quantitative estimate of drug-likeness (QED) is 0.766. The molecule has 0 aliphatic carbocycles. The Kier molecular flexibility index (Phi) is 5.22. The Morgan fingerprint density at radius 2 is 1.81 bits per heavy atom. The summed E-state index contributed by atoms with van der Waals surface area (Å²) in [6.07, 6.45) is 3.03. The Labute approximate surface area is 153 Å². The molecule has 6 heteroatoms. The Balaban J connectivity index is 1.84. The average molecular weight is 350 g/mol. The fourth-order valence-corrected chi connectivity index (χ4v) is 2.66. The highest BCUT2D eigenvalue weighted by molar-refractivity contribution is 5.71. The number of nitrogens with zero attached hydrogens (tertiary/aromatic N) is 3. The summed E-state index contributed by atoms with van der Waals surface area (Å²) in [6, 6.07) is 16.6. The third-order valence-corrected chi connectivity index (χ3v) is 4.08. The van der Waals surface area contributed by atoms with Crippen LogP contribution in [0.1, 0.15) is 17.4 Å². The van der Waals surface area contributed by atoms with E-state index in [-0.39, 0.29) is 0 Å². The predicted molar refractivity (Wildman–Crippen MR) is 101 cm³/mol. The second kappa shape index (κ2) is 7.74. The van der Waals surface area contributed by atoms with E-state index in [0.29, 0.717) is 5.75 Å². The van der Waals surface area contributed by atoms with Crippen molar-refractivity contribution in [2.75, 3.05) is 19.0 Å². The van der Waals surface area contributed by atoms with Crippen LogP contribution in [0.2, 0.25) is 0 Å². The summed E-state index contributed by atoms with van der Waals surface area (Å²) in [5, 5.41) is 2.92. The molecule has 3 rings (SSSR count). The van der Waals surface area contributed by atoms with E-state index in [9.17, 15) is 4.79 Å². The summed E-state index contributed by atoms with van der Waals surface area (Å²) in [5.74, 6) is 1.22. The van der Waals surface area contributed by atoms with Gasteiger partial charge in [-0.15, -0.1) is 0 Å². The van der Waals surface area contributed by atoms with Crippen LogP contribution in [0.3, 0.4) is 0 Å². The molecule has 1 N–H and O–H groups in total. The lowest BCUT2D eigenvalue weighted by molar-refractivity contribution is 0.197. The fraction of sp³-hybridized carbons (Fsp3) is 0.200. The molecule has 0 aliphatic rings. The Hall–Kier alpha value is -3.28. The number of hydrogen-bond donors (Lipinski definition) is 1. The van der Waals surface area contributed by atoms with Gasteiger partial charge in [0.1, 0.15) is 17.6 Å². The van der Waals surface area contributed by atoms with Crippen LogP contribution in [0.4, 0.5) is 10.5 Å². The van der Waals surface area contributed by atoms with Gasteiger partial charge in [-0.3, -0.25) is 0 Å². The van der Waals surface area contributed by atoms with Crippen LogP contribution < -0.4 is 15.0 Å². The highest BCUT2D eigenvalue weighted by atomic mass is 16.6. The number of para-hydroxylation sites is 1. The van der Waals surface area contributed by atoms with Crippen LogP contribution in [0.15, 0.2) is 67.0 Å². The molecule has 0 aliphatic heterocycles. The van der Waals surface area contributed by atoms with Crippen LogP contribution in [0, 0.1) is 0 Å². The first-order chi connectivity index (χ1) is 12.5. The molecule has 0 radical (unpaired) electrons. The van der Waals surface area contributed by atoms with E-state index < -0.39 is 12.1 Å². The fourth-order valence-electron chi connectivity index (χ4n) is 2.66. The Morgan fingerprint density at radius 1 is 1.12 bits per heavy atom. The van der Waals surface area contributed by atoms with Crippen molar-refractivity contribution in [2.24, 2.45) is 7.05 Å². The minimum Gasteiger partial charge on any atom is -0.410 e. The second-order valence-corrected chi connectivity index (χ2v) is 6.16. The highest BCUT2D eigenvalue weighted by Gasteiger charge is 2.22. The summed E-state index contributed by atoms with van der Waals surface area (Å²) >= 11 is 0. The van der Waals surface area contributed by atoms with Crippen molar-refractivity contribution in [3.8, 4) is 5.75 Å². The molecule has 1 aromatic heterocycles. The summed E-state index contributed by atoms with van der Waals surface area (Å²) in [6.45, 7) is 0. The lowest BCUT2D eigenvalue weighted by Gasteiger charge is -2.20. The van der Waals surface area contributed by atoms with E-state index in [4.69, 9.17) is 4.74 Å². The maximum atomic E-state index is 12.4. The summed E-state index contributed by atoms with van der Waals surface area (Å²) in [4.78, 5) is 18.8. The van der Waals surface area contributed by atoms with E-state index in [1.165, 1.54) is 0 Å². The number of nitrogens with one attached hydrogen (secondary N) is 1. The molecule has 1 atom stereocenters. The number of carbonyl (C=O) groups excluding carboxylic acids is 1. The van der Waals surface area contributed by atoms with Gasteiger partial charge in [0.05, 0.1) is 0 Å². The van der Waals surface area contributed by atoms with Gasteiger partial charge in [0.2, 0.25) is 0 Å². The minimum absolute atomic E-state index is 0.414. The third kappa shape index (κ3) is 4.03. The van der Waals surface area contributed by atoms with Crippen molar-refractivity contribution in [3.63, 3.8) is 0 Å². The smallest absolute Gasteiger partial charge is 0.410 e. The number of amides is 1. The molecular weight excluding hydrogens is 328 g/mol. The number of anilines is 1. The average Bonchev–Trinajstić information content (AvgIpc) is 3.06. The second-order valence-electron chi connectivity index (χ2n) is 6.16. The van der Waals surface area contributed by atoms with Gasteiger partial charge in [-0.1, -0.05) is 30.3 Å². The van der Waals surface area contributed by atoms with Crippen LogP contribution in [-0.4, -0.2) is 29.7 Å². The molecule has 0 bridgehead atoms. The van der Waals surface area contributed by atoms with Gasteiger partial charge in [-0.2, -0.15) is 0 Å². The number of rotatable bonds is 5. The zero-order valence-corrected chi connectivity index (χ0v) is 15.1. The molecule has 0 fully saturated rings. The van der Waals surface area contributed by atoms with Crippen molar-refractivity contribution in [3.05, 3.63) is 78.4 Å². The van der Waals surface area contributed by atoms with Gasteiger partial charge < -0.3 is 19.5 Å². The number of imidazole rings is 1. The van der Waals surface area contributed by atoms with Gasteiger partial charge in [-0.25, -0.2) is 9.78 Å². The van der Waals surface area contributed by atoms with Crippen LogP contribution in [-0.2, 0) is 7.05 Å². The number of aromatic nitrogens is 2. The van der Waals surface area contributed by atoms with Crippen LogP contribution in [0.5, 0.6) is 5.75 Å². The molecule has 6 nitrogen and oxygen atoms in total. The van der Waals surface area contributed by atoms with Gasteiger partial charge in [-0.05, 0) is 29.8 Å². The van der Waals surface area contributed by atoms with Crippen LogP contribution >= 0.6 is 0 Å². The predicted octanol–water partition coefficient (Wildman–Crippen LogP) is 3.36. The summed E-state index contributed by atoms with van der Waals surface area (Å²) < 4.78 is 7.25. The normalized spacial score (nSPS) is 11.7. The van der Waals surface area contributed by atoms with Gasteiger partial charge in [0.25, 0.3) is 0 Å². The largest absolute Gasteiger partial charge is 0.413 e. The van der Waals surface area contributed by atoms with Crippen molar-refractivity contribution < 1.29 is 9.53 Å². The molecule has 1 heterocycles. The molecule has 0 saturated heterocycles. The molecule has 3 aromatic rings. The first-order valence-corrected chi connectivity index (χ1v) is 8.32. The molecular formula is C20H22N4O2. The standard InChI is InChI=1S/C20H22N4O2/c1-23(2)16-11-9-15(10-12-16)18(19-21-13-14-24(19)3)22-20(25)26-17-7-5-4-6-8-17/h4-14,18H,1-3H3,(H,22,25). The molecule has 26 heavy (non-hydrogen) atoms. The lowest BCUT2D eigenvalue weighted by atomic mass is 10.1. The van der Waals surface area contributed by atoms with Crippen molar-refractivity contribution >= 4 is 11.8 Å². The third-order valence-electron chi connectivity index (χ3n) is 4.08. The first kappa shape index (κ1) is 17.5. The Morgan fingerprint density at radius 3 is 2.38 bits per heavy atom. The topological polar surface area (TPSA) is 59.4 Å². The summed E-state index contributed by atoms with van der Waals surface area (Å²) in [7, 11) is 5.87. The molecule has 1 amide bonds. The van der Waals surface area contributed by atoms with E-state index >= 15 is 0 Å². The van der Waals surface area contributed by atoms with Crippen LogP contribution in [0.25, 0.3) is 0 Å². The SMILES string of the molecule is CN(C)c1ccc(C(NC(=O)Oc2ccccc2)c2nccn2C)cc1. The molecule has 0 saturated carbocycles. The monoisotopic (exact) mass is 350 g/mol. The zero-order chi connectivity index (χ0) is 18.5. The first-order valence-electron chi connectivity index (χ1n) is 8.32. The number of carbonyl (C=O) groups is 1. The van der Waals surface area contributed by atoms with E-state index in [2.05, 4.69) is 10.3 Å². The summed E-state index contributed by atoms with van der Waals surface area (Å²) in [5.41, 5.74) is 2.01. The van der Waals surface area contributed by atoms with Gasteiger partial charge >= 0.3 is 6.09 Å². The molecule has 134 valence electrons. The maximum Gasteiger partial charge on any atom is 0.413 e. The van der Waals surface area contributed by atoms with Crippen molar-refractivity contribution in [1.29, 1.82) is 0 Å². The molecule has 0 spiro atoms. The zero-order valence-electron chi connectivity index (χ0n) is 15.1. The molecule has 2 aromatic carbocycles. The number of hydrogen-bond acceptors (Lipinski definition) is 4. The van der Waals surface area contributed by atoms with Crippen molar-refractivity contribution in [2.45, 2.75) is 6.04 Å². The van der Waals surface area contributed by atoms with Crippen molar-refractivity contribution in [1.82, 2.24) is 14.9 Å². The maximum absolute atomic E-state index is 12.4. The van der Waals surface area contributed by atoms with E-state index in [1.807, 2.05) is 79.3 Å². The lowest BCUT2D eigenvalue weighted by Crippen LogP contribution is -2.33. The number of ether oxygens (including phenoxy) is 1. The number of aryl methyl sites for hydroxylation is 1. The molecule has 1 unspecified atom stereocenters. The highest BCUT2D eigenvalue weighted by Crippen LogP contribution is 2.23. The minimum atomic E-state index is -0.527.